The molecule has 0 atom stereocenters. The van der Waals surface area contributed by atoms with Crippen LogP contribution in [0.2, 0.25) is 0 Å². The Morgan fingerprint density at radius 2 is 1.90 bits per heavy atom. The SMILES string of the molecule is CN(C)CCN(C)c1cc(C(N)=O)c2ccccc2n1. The van der Waals surface area contributed by atoms with Crippen LogP contribution in [0.15, 0.2) is 30.3 Å². The number of benzene rings is 1. The minimum atomic E-state index is -0.425. The Hall–Kier alpha value is -2.14. The van der Waals surface area contributed by atoms with Gasteiger partial charge in [-0.2, -0.15) is 0 Å². The minimum Gasteiger partial charge on any atom is -0.366 e. The molecule has 5 nitrogen and oxygen atoms in total. The molecule has 20 heavy (non-hydrogen) atoms. The number of hydrogen-bond donors (Lipinski definition) is 1. The van der Waals surface area contributed by atoms with E-state index in [9.17, 15) is 4.79 Å². The van der Waals surface area contributed by atoms with Crippen molar-refractivity contribution in [3.8, 4) is 0 Å². The molecule has 0 aliphatic rings. The molecule has 0 fully saturated rings. The van der Waals surface area contributed by atoms with E-state index in [-0.39, 0.29) is 0 Å². The van der Waals surface area contributed by atoms with Crippen LogP contribution in [0, 0.1) is 0 Å². The van der Waals surface area contributed by atoms with Gasteiger partial charge in [-0.1, -0.05) is 18.2 Å². The molecular weight excluding hydrogens is 252 g/mol. The molecule has 0 radical (unpaired) electrons. The van der Waals surface area contributed by atoms with Crippen LogP contribution in [0.25, 0.3) is 10.9 Å². The molecule has 1 heterocycles. The van der Waals surface area contributed by atoms with Crippen LogP contribution in [0.1, 0.15) is 10.4 Å². The summed E-state index contributed by atoms with van der Waals surface area (Å²) in [4.78, 5) is 20.3. The lowest BCUT2D eigenvalue weighted by atomic mass is 10.1. The number of nitrogens with two attached hydrogens (primary N) is 1. The second kappa shape index (κ2) is 5.88. The molecule has 2 rings (SSSR count). The number of para-hydroxylation sites is 1. The minimum absolute atomic E-state index is 0.425. The van der Waals surface area contributed by atoms with E-state index in [4.69, 9.17) is 5.73 Å². The lowest BCUT2D eigenvalue weighted by Crippen LogP contribution is -2.29. The van der Waals surface area contributed by atoms with Crippen molar-refractivity contribution in [3.05, 3.63) is 35.9 Å². The molecule has 1 amide bonds. The zero-order valence-corrected chi connectivity index (χ0v) is 12.1. The van der Waals surface area contributed by atoms with Crippen molar-refractivity contribution in [2.75, 3.05) is 39.1 Å². The first-order valence-corrected chi connectivity index (χ1v) is 6.54. The molecule has 0 aliphatic carbocycles. The van der Waals surface area contributed by atoms with E-state index in [0.29, 0.717) is 5.56 Å². The number of anilines is 1. The number of pyridine rings is 1. The molecule has 0 saturated carbocycles. The van der Waals surface area contributed by atoms with E-state index in [1.165, 1.54) is 0 Å². The fraction of sp³-hybridized carbons (Fsp3) is 0.333. The van der Waals surface area contributed by atoms with Crippen molar-refractivity contribution in [3.63, 3.8) is 0 Å². The second-order valence-corrected chi connectivity index (χ2v) is 5.13. The third kappa shape index (κ3) is 3.05. The highest BCUT2D eigenvalue weighted by Gasteiger charge is 2.12. The Morgan fingerprint density at radius 1 is 1.20 bits per heavy atom. The van der Waals surface area contributed by atoms with Gasteiger partial charge in [-0.15, -0.1) is 0 Å². The topological polar surface area (TPSA) is 62.5 Å². The number of rotatable bonds is 5. The molecule has 0 saturated heterocycles. The van der Waals surface area contributed by atoms with Crippen molar-refractivity contribution in [1.29, 1.82) is 0 Å². The Kier molecular flexibility index (Phi) is 4.20. The lowest BCUT2D eigenvalue weighted by Gasteiger charge is -2.21. The molecular formula is C15H20N4O. The summed E-state index contributed by atoms with van der Waals surface area (Å²) < 4.78 is 0. The van der Waals surface area contributed by atoms with Crippen LogP contribution in [-0.2, 0) is 0 Å². The Labute approximate surface area is 119 Å². The van der Waals surface area contributed by atoms with E-state index in [1.807, 2.05) is 50.3 Å². The van der Waals surface area contributed by atoms with Crippen molar-refractivity contribution in [2.45, 2.75) is 0 Å². The molecule has 1 aromatic carbocycles. The van der Waals surface area contributed by atoms with Gasteiger partial charge in [0.1, 0.15) is 5.82 Å². The molecule has 5 heteroatoms. The number of hydrogen-bond acceptors (Lipinski definition) is 4. The number of carbonyl (C=O) groups is 1. The van der Waals surface area contributed by atoms with Crippen LogP contribution >= 0.6 is 0 Å². The van der Waals surface area contributed by atoms with Crippen molar-refractivity contribution in [1.82, 2.24) is 9.88 Å². The predicted octanol–water partition coefficient (Wildman–Crippen LogP) is 1.33. The average Bonchev–Trinajstić information content (AvgIpc) is 2.43. The standard InChI is InChI=1S/C15H20N4O/c1-18(2)8-9-19(3)14-10-12(15(16)20)11-6-4-5-7-13(11)17-14/h4-7,10H,8-9H2,1-3H3,(H2,16,20). The molecule has 2 N–H and O–H groups in total. The number of nitrogens with zero attached hydrogens (tertiary/aromatic N) is 3. The smallest absolute Gasteiger partial charge is 0.249 e. The van der Waals surface area contributed by atoms with Crippen molar-refractivity contribution < 1.29 is 4.79 Å². The maximum absolute atomic E-state index is 11.6. The highest BCUT2D eigenvalue weighted by Crippen LogP contribution is 2.22. The molecule has 0 unspecified atom stereocenters. The Morgan fingerprint density at radius 3 is 2.55 bits per heavy atom. The molecule has 0 bridgehead atoms. The fourth-order valence-corrected chi connectivity index (χ4v) is 2.03. The number of fused-ring (bicyclic) bond motifs is 1. The van der Waals surface area contributed by atoms with Gasteiger partial charge in [0.15, 0.2) is 0 Å². The summed E-state index contributed by atoms with van der Waals surface area (Å²) in [5.74, 6) is 0.338. The summed E-state index contributed by atoms with van der Waals surface area (Å²) in [5.41, 5.74) is 6.78. The third-order valence-corrected chi connectivity index (χ3v) is 3.24. The first kappa shape index (κ1) is 14.3. The van der Waals surface area contributed by atoms with Gasteiger partial charge >= 0.3 is 0 Å². The van der Waals surface area contributed by atoms with E-state index in [2.05, 4.69) is 9.88 Å². The van der Waals surface area contributed by atoms with Crippen LogP contribution < -0.4 is 10.6 Å². The lowest BCUT2D eigenvalue weighted by molar-refractivity contribution is 0.100. The van der Waals surface area contributed by atoms with Gasteiger partial charge in [0.25, 0.3) is 0 Å². The normalized spacial score (nSPS) is 11.0. The molecule has 106 valence electrons. The molecule has 0 spiro atoms. The summed E-state index contributed by atoms with van der Waals surface area (Å²) in [6, 6.07) is 9.31. The van der Waals surface area contributed by atoms with Gasteiger partial charge in [-0.05, 0) is 26.2 Å². The van der Waals surface area contributed by atoms with Crippen LogP contribution in [0.4, 0.5) is 5.82 Å². The van der Waals surface area contributed by atoms with E-state index < -0.39 is 5.91 Å². The largest absolute Gasteiger partial charge is 0.366 e. The number of carbonyl (C=O) groups excluding carboxylic acids is 1. The number of likely N-dealkylation sites (N-methyl/N-ethyl adjacent to an activating group) is 2. The van der Waals surface area contributed by atoms with Crippen molar-refractivity contribution in [2.24, 2.45) is 5.73 Å². The van der Waals surface area contributed by atoms with Gasteiger partial charge in [0.05, 0.1) is 11.1 Å². The third-order valence-electron chi connectivity index (χ3n) is 3.24. The first-order chi connectivity index (χ1) is 9.49. The Balaban J connectivity index is 2.42. The quantitative estimate of drug-likeness (QED) is 0.892. The first-order valence-electron chi connectivity index (χ1n) is 6.54. The van der Waals surface area contributed by atoms with Gasteiger partial charge < -0.3 is 15.5 Å². The maximum Gasteiger partial charge on any atom is 0.249 e. The number of primary amides is 1. The molecule has 0 aliphatic heterocycles. The Bertz CT molecular complexity index is 624. The van der Waals surface area contributed by atoms with Crippen LogP contribution in [0.5, 0.6) is 0 Å². The zero-order valence-electron chi connectivity index (χ0n) is 12.1. The number of amides is 1. The van der Waals surface area contributed by atoms with Gasteiger partial charge in [-0.25, -0.2) is 4.98 Å². The van der Waals surface area contributed by atoms with Gasteiger partial charge in [0, 0.05) is 25.5 Å². The summed E-state index contributed by atoms with van der Waals surface area (Å²) in [6.45, 7) is 1.74. The molecule has 1 aromatic heterocycles. The highest BCUT2D eigenvalue weighted by atomic mass is 16.1. The molecule has 2 aromatic rings. The monoisotopic (exact) mass is 272 g/mol. The van der Waals surface area contributed by atoms with Crippen LogP contribution in [0.3, 0.4) is 0 Å². The van der Waals surface area contributed by atoms with Crippen LogP contribution in [-0.4, -0.2) is 50.0 Å². The highest BCUT2D eigenvalue weighted by molar-refractivity contribution is 6.06. The van der Waals surface area contributed by atoms with Gasteiger partial charge in [0.2, 0.25) is 5.91 Å². The van der Waals surface area contributed by atoms with E-state index >= 15 is 0 Å². The summed E-state index contributed by atoms with van der Waals surface area (Å²) in [6.07, 6.45) is 0. The zero-order chi connectivity index (χ0) is 14.7. The summed E-state index contributed by atoms with van der Waals surface area (Å²) in [7, 11) is 6.01. The maximum atomic E-state index is 11.6. The van der Waals surface area contributed by atoms with Gasteiger partial charge in [-0.3, -0.25) is 4.79 Å². The number of aromatic nitrogens is 1. The second-order valence-electron chi connectivity index (χ2n) is 5.13. The van der Waals surface area contributed by atoms with E-state index in [1.54, 1.807) is 6.07 Å². The van der Waals surface area contributed by atoms with E-state index in [0.717, 1.165) is 29.8 Å². The summed E-state index contributed by atoms with van der Waals surface area (Å²) in [5, 5.41) is 0.796. The summed E-state index contributed by atoms with van der Waals surface area (Å²) >= 11 is 0. The predicted molar refractivity (Wildman–Crippen MR) is 82.1 cm³/mol. The average molecular weight is 272 g/mol. The fourth-order valence-electron chi connectivity index (χ4n) is 2.03. The van der Waals surface area contributed by atoms with Crippen molar-refractivity contribution >= 4 is 22.6 Å².